The molecule has 0 unspecified atom stereocenters. The lowest BCUT2D eigenvalue weighted by atomic mass is 10.1. The van der Waals surface area contributed by atoms with Gasteiger partial charge in [0.1, 0.15) is 11.5 Å². The first-order chi connectivity index (χ1) is 9.95. The standard InChI is InChI=1S/C16H14BrClO3/c1-10-3-5-14(11(2)7-10)21-16(19)9-20-15-6-4-12(17)8-13(15)18/h3-8H,9H2,1-2H3. The SMILES string of the molecule is Cc1ccc(OC(=O)COc2ccc(Br)cc2Cl)c(C)c1. The fraction of sp³-hybridized carbons (Fsp3) is 0.188. The molecule has 0 aliphatic carbocycles. The fourth-order valence-corrected chi connectivity index (χ4v) is 2.52. The summed E-state index contributed by atoms with van der Waals surface area (Å²) in [4.78, 5) is 11.8. The summed E-state index contributed by atoms with van der Waals surface area (Å²) in [6.07, 6.45) is 0. The highest BCUT2D eigenvalue weighted by Crippen LogP contribution is 2.27. The molecule has 0 atom stereocenters. The average Bonchev–Trinajstić information content (AvgIpc) is 2.41. The number of aryl methyl sites for hydroxylation is 2. The van der Waals surface area contributed by atoms with Crippen LogP contribution in [0.25, 0.3) is 0 Å². The lowest BCUT2D eigenvalue weighted by Crippen LogP contribution is -2.18. The van der Waals surface area contributed by atoms with Gasteiger partial charge in [-0.2, -0.15) is 0 Å². The molecule has 0 saturated heterocycles. The van der Waals surface area contributed by atoms with Crippen molar-refractivity contribution in [3.05, 3.63) is 57.0 Å². The van der Waals surface area contributed by atoms with Crippen LogP contribution in [0.2, 0.25) is 5.02 Å². The van der Waals surface area contributed by atoms with E-state index in [4.69, 9.17) is 21.1 Å². The van der Waals surface area contributed by atoms with E-state index in [0.29, 0.717) is 16.5 Å². The lowest BCUT2D eigenvalue weighted by molar-refractivity contribution is -0.136. The van der Waals surface area contributed by atoms with Crippen molar-refractivity contribution in [3.63, 3.8) is 0 Å². The smallest absolute Gasteiger partial charge is 0.349 e. The second-order valence-corrected chi connectivity index (χ2v) is 5.93. The maximum atomic E-state index is 11.8. The molecular formula is C16H14BrClO3. The number of benzene rings is 2. The van der Waals surface area contributed by atoms with Crippen molar-refractivity contribution in [2.75, 3.05) is 6.61 Å². The zero-order valence-corrected chi connectivity index (χ0v) is 14.0. The second kappa shape index (κ2) is 6.96. The number of halogens is 2. The van der Waals surface area contributed by atoms with Crippen molar-refractivity contribution in [2.45, 2.75) is 13.8 Å². The minimum absolute atomic E-state index is 0.200. The van der Waals surface area contributed by atoms with Crippen molar-refractivity contribution in [3.8, 4) is 11.5 Å². The third-order valence-electron chi connectivity index (χ3n) is 2.79. The number of rotatable bonds is 4. The largest absolute Gasteiger partial charge is 0.480 e. The minimum atomic E-state index is -0.471. The van der Waals surface area contributed by atoms with Gasteiger partial charge in [-0.1, -0.05) is 45.2 Å². The molecule has 0 aromatic heterocycles. The minimum Gasteiger partial charge on any atom is -0.480 e. The van der Waals surface area contributed by atoms with Gasteiger partial charge in [-0.3, -0.25) is 0 Å². The Morgan fingerprint density at radius 2 is 1.86 bits per heavy atom. The molecular weight excluding hydrogens is 356 g/mol. The fourth-order valence-electron chi connectivity index (χ4n) is 1.79. The maximum Gasteiger partial charge on any atom is 0.349 e. The normalized spacial score (nSPS) is 10.3. The Hall–Kier alpha value is -1.52. The predicted octanol–water partition coefficient (Wildman–Crippen LogP) is 4.70. The first-order valence-corrected chi connectivity index (χ1v) is 7.48. The Kier molecular flexibility index (Phi) is 5.26. The Morgan fingerprint density at radius 1 is 1.14 bits per heavy atom. The predicted molar refractivity (Wildman–Crippen MR) is 86.2 cm³/mol. The lowest BCUT2D eigenvalue weighted by Gasteiger charge is -2.10. The summed E-state index contributed by atoms with van der Waals surface area (Å²) in [7, 11) is 0. The van der Waals surface area contributed by atoms with Crippen LogP contribution in [0.5, 0.6) is 11.5 Å². The summed E-state index contributed by atoms with van der Waals surface area (Å²) in [5.41, 5.74) is 2.02. The first-order valence-electron chi connectivity index (χ1n) is 6.31. The van der Waals surface area contributed by atoms with Gasteiger partial charge >= 0.3 is 5.97 Å². The number of hydrogen-bond donors (Lipinski definition) is 0. The molecule has 0 aliphatic heterocycles. The summed E-state index contributed by atoms with van der Waals surface area (Å²) < 4.78 is 11.5. The third kappa shape index (κ3) is 4.48. The highest BCUT2D eigenvalue weighted by molar-refractivity contribution is 9.10. The summed E-state index contributed by atoms with van der Waals surface area (Å²) >= 11 is 9.31. The van der Waals surface area contributed by atoms with Gasteiger partial charge in [-0.15, -0.1) is 0 Å². The van der Waals surface area contributed by atoms with Crippen molar-refractivity contribution in [2.24, 2.45) is 0 Å². The van der Waals surface area contributed by atoms with Gasteiger partial charge in [0.15, 0.2) is 6.61 Å². The molecule has 2 rings (SSSR count). The van der Waals surface area contributed by atoms with Crippen molar-refractivity contribution in [1.29, 1.82) is 0 Å². The third-order valence-corrected chi connectivity index (χ3v) is 3.58. The van der Waals surface area contributed by atoms with Gasteiger partial charge < -0.3 is 9.47 Å². The Bertz CT molecular complexity index is 671. The van der Waals surface area contributed by atoms with E-state index in [1.54, 1.807) is 24.3 Å². The molecule has 0 spiro atoms. The van der Waals surface area contributed by atoms with Gasteiger partial charge in [0.2, 0.25) is 0 Å². The van der Waals surface area contributed by atoms with E-state index in [2.05, 4.69) is 15.9 Å². The van der Waals surface area contributed by atoms with Crippen LogP contribution in [0.15, 0.2) is 40.9 Å². The van der Waals surface area contributed by atoms with Crippen LogP contribution < -0.4 is 9.47 Å². The van der Waals surface area contributed by atoms with Crippen LogP contribution in [0, 0.1) is 13.8 Å². The monoisotopic (exact) mass is 368 g/mol. The molecule has 3 nitrogen and oxygen atoms in total. The number of esters is 1. The van der Waals surface area contributed by atoms with Crippen molar-refractivity contribution >= 4 is 33.5 Å². The van der Waals surface area contributed by atoms with Crippen LogP contribution in [0.4, 0.5) is 0 Å². The second-order valence-electron chi connectivity index (χ2n) is 4.61. The molecule has 5 heteroatoms. The van der Waals surface area contributed by atoms with E-state index >= 15 is 0 Å². The van der Waals surface area contributed by atoms with Gasteiger partial charge in [-0.25, -0.2) is 4.79 Å². The molecule has 0 saturated carbocycles. The molecule has 2 aromatic carbocycles. The van der Waals surface area contributed by atoms with E-state index in [1.165, 1.54) is 0 Å². The molecule has 2 aromatic rings. The number of ether oxygens (including phenoxy) is 2. The van der Waals surface area contributed by atoms with E-state index in [1.807, 2.05) is 26.0 Å². The van der Waals surface area contributed by atoms with Crippen LogP contribution in [0.3, 0.4) is 0 Å². The van der Waals surface area contributed by atoms with E-state index in [-0.39, 0.29) is 6.61 Å². The quantitative estimate of drug-likeness (QED) is 0.578. The topological polar surface area (TPSA) is 35.5 Å². The number of hydrogen-bond acceptors (Lipinski definition) is 3. The van der Waals surface area contributed by atoms with Crippen LogP contribution in [-0.2, 0) is 4.79 Å². The molecule has 0 fully saturated rings. The highest BCUT2D eigenvalue weighted by Gasteiger charge is 2.10. The highest BCUT2D eigenvalue weighted by atomic mass is 79.9. The molecule has 0 bridgehead atoms. The van der Waals surface area contributed by atoms with Gasteiger partial charge in [0, 0.05) is 4.47 Å². The van der Waals surface area contributed by atoms with E-state index in [0.717, 1.165) is 15.6 Å². The van der Waals surface area contributed by atoms with Gasteiger partial charge in [0.25, 0.3) is 0 Å². The van der Waals surface area contributed by atoms with Gasteiger partial charge in [0.05, 0.1) is 5.02 Å². The zero-order valence-electron chi connectivity index (χ0n) is 11.7. The van der Waals surface area contributed by atoms with E-state index in [9.17, 15) is 4.79 Å². The molecule has 0 N–H and O–H groups in total. The Balaban J connectivity index is 1.96. The molecule has 21 heavy (non-hydrogen) atoms. The molecule has 0 radical (unpaired) electrons. The van der Waals surface area contributed by atoms with E-state index < -0.39 is 5.97 Å². The molecule has 0 aliphatic rings. The van der Waals surface area contributed by atoms with Crippen LogP contribution in [-0.4, -0.2) is 12.6 Å². The summed E-state index contributed by atoms with van der Waals surface area (Å²) in [6.45, 7) is 3.67. The molecule has 0 heterocycles. The molecule has 0 amide bonds. The Labute approximate surface area is 137 Å². The summed E-state index contributed by atoms with van der Waals surface area (Å²) in [6, 6.07) is 10.8. The average molecular weight is 370 g/mol. The summed E-state index contributed by atoms with van der Waals surface area (Å²) in [5, 5.41) is 0.434. The first kappa shape index (κ1) is 15.9. The Morgan fingerprint density at radius 3 is 2.52 bits per heavy atom. The zero-order chi connectivity index (χ0) is 15.4. The molecule has 110 valence electrons. The number of carbonyl (C=O) groups is 1. The summed E-state index contributed by atoms with van der Waals surface area (Å²) in [5.74, 6) is 0.509. The van der Waals surface area contributed by atoms with Gasteiger partial charge in [-0.05, 0) is 43.7 Å². The maximum absolute atomic E-state index is 11.8. The van der Waals surface area contributed by atoms with Crippen LogP contribution >= 0.6 is 27.5 Å². The van der Waals surface area contributed by atoms with Crippen molar-refractivity contribution < 1.29 is 14.3 Å². The van der Waals surface area contributed by atoms with Crippen molar-refractivity contribution in [1.82, 2.24) is 0 Å². The van der Waals surface area contributed by atoms with Crippen LogP contribution in [0.1, 0.15) is 11.1 Å². The number of carbonyl (C=O) groups excluding carboxylic acids is 1.